The quantitative estimate of drug-likeness (QED) is 0.305. The summed E-state index contributed by atoms with van der Waals surface area (Å²) in [4.78, 5) is 10.9. The van der Waals surface area contributed by atoms with Crippen LogP contribution in [-0.2, 0) is 6.54 Å². The number of H-pyrrole nitrogens is 1. The fourth-order valence-corrected chi connectivity index (χ4v) is 0.742. The second-order valence-electron chi connectivity index (χ2n) is 1.94. The first kappa shape index (κ1) is 14.7. The zero-order chi connectivity index (χ0) is 8.27. The first-order chi connectivity index (χ1) is 5.29. The number of aromatic nitrogens is 2. The lowest BCUT2D eigenvalue weighted by Gasteiger charge is -1.96. The number of halogens is 2. The van der Waals surface area contributed by atoms with Crippen LogP contribution in [0.3, 0.4) is 0 Å². The first-order valence-corrected chi connectivity index (χ1v) is 3.03. The molecular weight excluding hydrogens is 217 g/mol. The standard InChI is InChI=1S/C5H9N5O.2ClH/c6-1-4-3(2-8-10-4)5(11)9-7;;/h2H,1,6-7H2,(H,8,10)(H,9,11);2*1H. The molecule has 0 radical (unpaired) electrons. The van der Waals surface area contributed by atoms with Crippen LogP contribution in [0.1, 0.15) is 16.1 Å². The molecule has 0 unspecified atom stereocenters. The highest BCUT2D eigenvalue weighted by Crippen LogP contribution is 2.01. The maximum Gasteiger partial charge on any atom is 0.268 e. The molecule has 0 spiro atoms. The lowest BCUT2D eigenvalue weighted by atomic mass is 10.2. The third-order valence-corrected chi connectivity index (χ3v) is 1.30. The molecule has 0 fully saturated rings. The Labute approximate surface area is 87.2 Å². The number of rotatable bonds is 2. The van der Waals surface area contributed by atoms with Crippen LogP contribution < -0.4 is 17.0 Å². The monoisotopic (exact) mass is 227 g/mol. The molecule has 0 atom stereocenters. The molecule has 0 bridgehead atoms. The second kappa shape index (κ2) is 6.67. The number of nitrogens with two attached hydrogens (primary N) is 2. The molecule has 0 aliphatic carbocycles. The van der Waals surface area contributed by atoms with Crippen molar-refractivity contribution < 1.29 is 4.79 Å². The number of carbonyl (C=O) groups excluding carboxylic acids is 1. The van der Waals surface area contributed by atoms with E-state index in [0.29, 0.717) is 11.3 Å². The topological polar surface area (TPSA) is 110 Å². The Morgan fingerprint density at radius 1 is 1.62 bits per heavy atom. The van der Waals surface area contributed by atoms with E-state index in [1.807, 2.05) is 5.43 Å². The molecule has 1 amide bonds. The van der Waals surface area contributed by atoms with Crippen molar-refractivity contribution in [3.8, 4) is 0 Å². The molecule has 76 valence electrons. The Morgan fingerprint density at radius 3 is 2.69 bits per heavy atom. The molecule has 8 heteroatoms. The maximum absolute atomic E-state index is 10.9. The summed E-state index contributed by atoms with van der Waals surface area (Å²) in [6, 6.07) is 0. The van der Waals surface area contributed by atoms with Gasteiger partial charge in [-0.15, -0.1) is 24.8 Å². The van der Waals surface area contributed by atoms with Gasteiger partial charge in [-0.3, -0.25) is 15.3 Å². The minimum absolute atomic E-state index is 0. The molecular formula is C5H11Cl2N5O. The normalized spacial score (nSPS) is 8.15. The van der Waals surface area contributed by atoms with Crippen LogP contribution >= 0.6 is 24.8 Å². The van der Waals surface area contributed by atoms with Gasteiger partial charge in [0.2, 0.25) is 0 Å². The van der Waals surface area contributed by atoms with E-state index in [1.54, 1.807) is 0 Å². The highest BCUT2D eigenvalue weighted by atomic mass is 35.5. The Balaban J connectivity index is 0. The summed E-state index contributed by atoms with van der Waals surface area (Å²) in [5, 5.41) is 6.22. The molecule has 13 heavy (non-hydrogen) atoms. The molecule has 0 saturated carbocycles. The summed E-state index contributed by atoms with van der Waals surface area (Å²) in [6.45, 7) is 0.239. The second-order valence-corrected chi connectivity index (χ2v) is 1.94. The fraction of sp³-hybridized carbons (Fsp3) is 0.200. The van der Waals surface area contributed by atoms with Crippen molar-refractivity contribution in [2.45, 2.75) is 6.54 Å². The van der Waals surface area contributed by atoms with E-state index in [4.69, 9.17) is 11.6 Å². The highest BCUT2D eigenvalue weighted by molar-refractivity contribution is 5.94. The number of nitrogens with zero attached hydrogens (tertiary/aromatic N) is 1. The number of amides is 1. The van der Waals surface area contributed by atoms with Gasteiger partial charge < -0.3 is 5.73 Å². The Morgan fingerprint density at radius 2 is 2.23 bits per heavy atom. The van der Waals surface area contributed by atoms with Crippen LogP contribution in [0.15, 0.2) is 6.20 Å². The van der Waals surface area contributed by atoms with Gasteiger partial charge >= 0.3 is 0 Å². The predicted octanol–water partition coefficient (Wildman–Crippen LogP) is -0.685. The van der Waals surface area contributed by atoms with Gasteiger partial charge in [0.1, 0.15) is 0 Å². The van der Waals surface area contributed by atoms with Crippen LogP contribution in [0.25, 0.3) is 0 Å². The molecule has 6 N–H and O–H groups in total. The molecule has 6 nitrogen and oxygen atoms in total. The molecule has 0 aliphatic rings. The molecule has 1 aromatic heterocycles. The van der Waals surface area contributed by atoms with Crippen molar-refractivity contribution in [1.82, 2.24) is 15.6 Å². The van der Waals surface area contributed by atoms with Crippen molar-refractivity contribution in [1.29, 1.82) is 0 Å². The van der Waals surface area contributed by atoms with Crippen molar-refractivity contribution in [2.75, 3.05) is 0 Å². The summed E-state index contributed by atoms with van der Waals surface area (Å²) < 4.78 is 0. The lowest BCUT2D eigenvalue weighted by Crippen LogP contribution is -2.30. The van der Waals surface area contributed by atoms with E-state index in [0.717, 1.165) is 0 Å². The van der Waals surface area contributed by atoms with Gasteiger partial charge in [-0.05, 0) is 0 Å². The van der Waals surface area contributed by atoms with E-state index in [-0.39, 0.29) is 37.3 Å². The van der Waals surface area contributed by atoms with Crippen molar-refractivity contribution >= 4 is 30.7 Å². The third-order valence-electron chi connectivity index (χ3n) is 1.30. The smallest absolute Gasteiger partial charge is 0.268 e. The molecule has 1 heterocycles. The van der Waals surface area contributed by atoms with Gasteiger partial charge in [-0.2, -0.15) is 5.10 Å². The van der Waals surface area contributed by atoms with Gasteiger partial charge in [0.05, 0.1) is 17.5 Å². The SMILES string of the molecule is Cl.Cl.NCc1[nH]ncc1C(=O)NN. The van der Waals surface area contributed by atoms with Crippen LogP contribution in [0.2, 0.25) is 0 Å². The van der Waals surface area contributed by atoms with Gasteiger partial charge in [-0.25, -0.2) is 5.84 Å². The molecule has 0 aliphatic heterocycles. The average molecular weight is 228 g/mol. The van der Waals surface area contributed by atoms with E-state index in [2.05, 4.69) is 10.2 Å². The number of aromatic amines is 1. The summed E-state index contributed by atoms with van der Waals surface area (Å²) in [7, 11) is 0. The lowest BCUT2D eigenvalue weighted by molar-refractivity contribution is 0.0953. The molecule has 1 rings (SSSR count). The number of carbonyl (C=O) groups is 1. The third kappa shape index (κ3) is 3.19. The zero-order valence-electron chi connectivity index (χ0n) is 6.61. The minimum atomic E-state index is -0.390. The van der Waals surface area contributed by atoms with Gasteiger partial charge in [0.25, 0.3) is 5.91 Å². The van der Waals surface area contributed by atoms with E-state index < -0.39 is 0 Å². The van der Waals surface area contributed by atoms with E-state index >= 15 is 0 Å². The van der Waals surface area contributed by atoms with E-state index in [1.165, 1.54) is 6.20 Å². The minimum Gasteiger partial charge on any atom is -0.325 e. The zero-order valence-corrected chi connectivity index (χ0v) is 8.24. The number of hydrazine groups is 1. The fourth-order valence-electron chi connectivity index (χ4n) is 0.742. The van der Waals surface area contributed by atoms with Crippen LogP contribution in [0.4, 0.5) is 0 Å². The van der Waals surface area contributed by atoms with Gasteiger partial charge in [-0.1, -0.05) is 0 Å². The van der Waals surface area contributed by atoms with Crippen molar-refractivity contribution in [3.63, 3.8) is 0 Å². The summed E-state index contributed by atoms with van der Waals surface area (Å²) >= 11 is 0. The predicted molar refractivity (Wildman–Crippen MR) is 52.6 cm³/mol. The van der Waals surface area contributed by atoms with Gasteiger partial charge in [0, 0.05) is 6.54 Å². The Hall–Kier alpha value is -0.820. The van der Waals surface area contributed by atoms with Crippen LogP contribution in [0, 0.1) is 0 Å². The molecule has 1 aromatic rings. The Bertz CT molecular complexity index is 263. The number of hydrogen-bond donors (Lipinski definition) is 4. The number of nitrogens with one attached hydrogen (secondary N) is 2. The van der Waals surface area contributed by atoms with Crippen molar-refractivity contribution in [2.24, 2.45) is 11.6 Å². The molecule has 0 aromatic carbocycles. The van der Waals surface area contributed by atoms with Crippen molar-refractivity contribution in [3.05, 3.63) is 17.5 Å². The molecule has 0 saturated heterocycles. The Kier molecular flexibility index (Phi) is 7.54. The van der Waals surface area contributed by atoms with E-state index in [9.17, 15) is 4.79 Å². The summed E-state index contributed by atoms with van der Waals surface area (Å²) in [5.74, 6) is 4.52. The number of nitrogen functional groups attached to an aromatic ring is 1. The van der Waals surface area contributed by atoms with Gasteiger partial charge in [0.15, 0.2) is 0 Å². The van der Waals surface area contributed by atoms with Crippen LogP contribution in [-0.4, -0.2) is 16.1 Å². The van der Waals surface area contributed by atoms with Crippen LogP contribution in [0.5, 0.6) is 0 Å². The largest absolute Gasteiger partial charge is 0.325 e. The summed E-state index contributed by atoms with van der Waals surface area (Å²) in [6.07, 6.45) is 1.38. The highest BCUT2D eigenvalue weighted by Gasteiger charge is 2.09. The first-order valence-electron chi connectivity index (χ1n) is 3.03. The average Bonchev–Trinajstić information content (AvgIpc) is 2.50. The summed E-state index contributed by atoms with van der Waals surface area (Å²) in [5.41, 5.74) is 8.24. The number of hydrogen-bond acceptors (Lipinski definition) is 4. The maximum atomic E-state index is 10.9.